The van der Waals surface area contributed by atoms with Crippen molar-refractivity contribution in [3.63, 3.8) is 0 Å². The minimum atomic E-state index is -3.51. The second-order valence-electron chi connectivity index (χ2n) is 3.83. The Bertz CT molecular complexity index is 532. The summed E-state index contributed by atoms with van der Waals surface area (Å²) >= 11 is 0. The van der Waals surface area contributed by atoms with E-state index in [9.17, 15) is 8.42 Å². The van der Waals surface area contributed by atoms with Crippen LogP contribution in [0.4, 0.5) is 0 Å². The van der Waals surface area contributed by atoms with Crippen molar-refractivity contribution in [1.29, 1.82) is 5.26 Å². The van der Waals surface area contributed by atoms with E-state index in [1.54, 1.807) is 6.92 Å². The van der Waals surface area contributed by atoms with Crippen LogP contribution in [0.2, 0.25) is 0 Å². The highest BCUT2D eigenvalue weighted by atomic mass is 32.2. The molecule has 0 aromatic heterocycles. The van der Waals surface area contributed by atoms with E-state index in [0.29, 0.717) is 31.9 Å². The number of nitrogens with zero attached hydrogens (tertiary/aromatic N) is 2. The first-order chi connectivity index (χ1) is 9.06. The SMILES string of the molecule is CCOCCN(CC)S(=O)(=O)c1ccc(C#N)cc1. The van der Waals surface area contributed by atoms with Crippen molar-refractivity contribution in [2.24, 2.45) is 0 Å². The summed E-state index contributed by atoms with van der Waals surface area (Å²) in [5, 5.41) is 8.70. The van der Waals surface area contributed by atoms with Crippen LogP contribution in [-0.4, -0.2) is 39.0 Å². The fourth-order valence-electron chi connectivity index (χ4n) is 1.61. The van der Waals surface area contributed by atoms with Crippen molar-refractivity contribution >= 4 is 10.0 Å². The molecule has 0 amide bonds. The minimum absolute atomic E-state index is 0.199. The molecule has 0 radical (unpaired) electrons. The molecule has 0 aliphatic heterocycles. The van der Waals surface area contributed by atoms with Crippen LogP contribution < -0.4 is 0 Å². The molecule has 0 heterocycles. The summed E-state index contributed by atoms with van der Waals surface area (Å²) in [6.07, 6.45) is 0. The lowest BCUT2D eigenvalue weighted by molar-refractivity contribution is 0.135. The predicted octanol–water partition coefficient (Wildman–Crippen LogP) is 1.61. The maximum absolute atomic E-state index is 12.3. The molecule has 1 rings (SSSR count). The van der Waals surface area contributed by atoms with Crippen LogP contribution in [0.25, 0.3) is 0 Å². The fraction of sp³-hybridized carbons (Fsp3) is 0.462. The van der Waals surface area contributed by atoms with Crippen LogP contribution in [0.1, 0.15) is 19.4 Å². The van der Waals surface area contributed by atoms with Gasteiger partial charge < -0.3 is 4.74 Å². The van der Waals surface area contributed by atoms with Crippen LogP contribution in [-0.2, 0) is 14.8 Å². The molecule has 0 saturated carbocycles. The standard InChI is InChI=1S/C13H18N2O3S/c1-3-15(9-10-18-4-2)19(16,17)13-7-5-12(11-14)6-8-13/h5-8H,3-4,9-10H2,1-2H3. The molecule has 104 valence electrons. The van der Waals surface area contributed by atoms with Gasteiger partial charge in [-0.3, -0.25) is 0 Å². The van der Waals surface area contributed by atoms with E-state index in [4.69, 9.17) is 10.00 Å². The normalized spacial score (nSPS) is 11.5. The number of likely N-dealkylation sites (N-methyl/N-ethyl adjacent to an activating group) is 1. The molecule has 0 aliphatic carbocycles. The Labute approximate surface area is 114 Å². The lowest BCUT2D eigenvalue weighted by atomic mass is 10.2. The number of nitriles is 1. The first-order valence-electron chi connectivity index (χ1n) is 6.14. The molecule has 19 heavy (non-hydrogen) atoms. The summed E-state index contributed by atoms with van der Waals surface area (Å²) in [4.78, 5) is 0.199. The second kappa shape index (κ2) is 7.24. The third kappa shape index (κ3) is 4.03. The highest BCUT2D eigenvalue weighted by molar-refractivity contribution is 7.89. The molecule has 0 fully saturated rings. The highest BCUT2D eigenvalue weighted by Gasteiger charge is 2.22. The van der Waals surface area contributed by atoms with Crippen LogP contribution in [0.5, 0.6) is 0 Å². The summed E-state index contributed by atoms with van der Waals surface area (Å²) in [5.74, 6) is 0. The maximum atomic E-state index is 12.3. The van der Waals surface area contributed by atoms with Gasteiger partial charge in [0.1, 0.15) is 0 Å². The lowest BCUT2D eigenvalue weighted by Gasteiger charge is -2.20. The molecular formula is C13H18N2O3S. The van der Waals surface area contributed by atoms with Crippen LogP contribution in [0.3, 0.4) is 0 Å². The largest absolute Gasteiger partial charge is 0.380 e. The number of hydrogen-bond donors (Lipinski definition) is 0. The summed E-state index contributed by atoms with van der Waals surface area (Å²) < 4.78 is 31.2. The van der Waals surface area contributed by atoms with Gasteiger partial charge in [-0.1, -0.05) is 6.92 Å². The van der Waals surface area contributed by atoms with Gasteiger partial charge in [0.05, 0.1) is 23.1 Å². The average Bonchev–Trinajstić information content (AvgIpc) is 2.43. The molecule has 0 bridgehead atoms. The van der Waals surface area contributed by atoms with E-state index in [1.165, 1.54) is 28.6 Å². The zero-order valence-electron chi connectivity index (χ0n) is 11.2. The highest BCUT2D eigenvalue weighted by Crippen LogP contribution is 2.15. The molecule has 0 spiro atoms. The van der Waals surface area contributed by atoms with Gasteiger partial charge in [-0.15, -0.1) is 0 Å². The smallest absolute Gasteiger partial charge is 0.243 e. The first-order valence-corrected chi connectivity index (χ1v) is 7.58. The van der Waals surface area contributed by atoms with Gasteiger partial charge in [0, 0.05) is 19.7 Å². The summed E-state index contributed by atoms with van der Waals surface area (Å²) in [7, 11) is -3.51. The maximum Gasteiger partial charge on any atom is 0.243 e. The topological polar surface area (TPSA) is 70.4 Å². The Morgan fingerprint density at radius 2 is 1.89 bits per heavy atom. The van der Waals surface area contributed by atoms with Crippen molar-refractivity contribution in [2.45, 2.75) is 18.7 Å². The average molecular weight is 282 g/mol. The summed E-state index contributed by atoms with van der Waals surface area (Å²) in [6, 6.07) is 7.88. The number of benzene rings is 1. The number of rotatable bonds is 7. The minimum Gasteiger partial charge on any atom is -0.380 e. The predicted molar refractivity (Wildman–Crippen MR) is 72.1 cm³/mol. The van der Waals surface area contributed by atoms with Crippen molar-refractivity contribution in [3.8, 4) is 6.07 Å². The van der Waals surface area contributed by atoms with Crippen LogP contribution >= 0.6 is 0 Å². The molecule has 0 unspecified atom stereocenters. The van der Waals surface area contributed by atoms with Gasteiger partial charge in [-0.25, -0.2) is 8.42 Å². The van der Waals surface area contributed by atoms with E-state index in [0.717, 1.165) is 0 Å². The van der Waals surface area contributed by atoms with Crippen molar-refractivity contribution in [2.75, 3.05) is 26.3 Å². The van der Waals surface area contributed by atoms with E-state index in [-0.39, 0.29) is 4.90 Å². The molecule has 5 nitrogen and oxygen atoms in total. The van der Waals surface area contributed by atoms with E-state index >= 15 is 0 Å². The van der Waals surface area contributed by atoms with Crippen molar-refractivity contribution in [1.82, 2.24) is 4.31 Å². The Hall–Kier alpha value is -1.42. The molecule has 6 heteroatoms. The molecule has 1 aromatic carbocycles. The Kier molecular flexibility index (Phi) is 5.96. The Morgan fingerprint density at radius 1 is 1.26 bits per heavy atom. The van der Waals surface area contributed by atoms with Gasteiger partial charge in [-0.2, -0.15) is 9.57 Å². The van der Waals surface area contributed by atoms with Gasteiger partial charge >= 0.3 is 0 Å². The summed E-state index contributed by atoms with van der Waals surface area (Å²) in [5.41, 5.74) is 0.441. The van der Waals surface area contributed by atoms with Gasteiger partial charge in [0.15, 0.2) is 0 Å². The fourth-order valence-corrected chi connectivity index (χ4v) is 3.04. The number of ether oxygens (including phenoxy) is 1. The van der Waals surface area contributed by atoms with Crippen LogP contribution in [0, 0.1) is 11.3 Å². The monoisotopic (exact) mass is 282 g/mol. The molecule has 0 N–H and O–H groups in total. The van der Waals surface area contributed by atoms with Gasteiger partial charge in [-0.05, 0) is 31.2 Å². The third-order valence-electron chi connectivity index (χ3n) is 2.66. The molecule has 0 aliphatic rings. The zero-order valence-corrected chi connectivity index (χ0v) is 12.0. The Morgan fingerprint density at radius 3 is 2.37 bits per heavy atom. The lowest BCUT2D eigenvalue weighted by Crippen LogP contribution is -2.33. The molecule has 1 aromatic rings. The van der Waals surface area contributed by atoms with Gasteiger partial charge in [0.2, 0.25) is 10.0 Å². The third-order valence-corrected chi connectivity index (χ3v) is 4.65. The quantitative estimate of drug-likeness (QED) is 0.712. The zero-order chi connectivity index (χ0) is 14.3. The first kappa shape index (κ1) is 15.6. The Balaban J connectivity index is 2.90. The van der Waals surface area contributed by atoms with E-state index in [1.807, 2.05) is 13.0 Å². The molecule has 0 saturated heterocycles. The van der Waals surface area contributed by atoms with E-state index < -0.39 is 10.0 Å². The van der Waals surface area contributed by atoms with Crippen molar-refractivity contribution < 1.29 is 13.2 Å². The summed E-state index contributed by atoms with van der Waals surface area (Å²) in [6.45, 7) is 5.30. The van der Waals surface area contributed by atoms with Gasteiger partial charge in [0.25, 0.3) is 0 Å². The van der Waals surface area contributed by atoms with E-state index in [2.05, 4.69) is 0 Å². The number of hydrogen-bond acceptors (Lipinski definition) is 4. The second-order valence-corrected chi connectivity index (χ2v) is 5.77. The van der Waals surface area contributed by atoms with Crippen LogP contribution in [0.15, 0.2) is 29.2 Å². The number of sulfonamides is 1. The molecule has 0 atom stereocenters. The molecular weight excluding hydrogens is 264 g/mol. The van der Waals surface area contributed by atoms with Crippen molar-refractivity contribution in [3.05, 3.63) is 29.8 Å².